The quantitative estimate of drug-likeness (QED) is 0.826. The molecule has 0 atom stereocenters. The first-order valence-electron chi connectivity index (χ1n) is 6.37. The standard InChI is InChI=1S/C16H16O5/c1-16(2,20-11-6-4-3-5-7-11)21-12-8-9-13(15(18)19)14(17)10-12/h3-10,17H,1-2H3,(H,18,19). The van der Waals surface area contributed by atoms with Gasteiger partial charge in [0.25, 0.3) is 0 Å². The number of benzene rings is 2. The summed E-state index contributed by atoms with van der Waals surface area (Å²) < 4.78 is 11.3. The molecule has 0 bridgehead atoms. The molecule has 0 radical (unpaired) electrons. The molecule has 2 rings (SSSR count). The highest BCUT2D eigenvalue weighted by Crippen LogP contribution is 2.27. The van der Waals surface area contributed by atoms with E-state index in [4.69, 9.17) is 14.6 Å². The summed E-state index contributed by atoms with van der Waals surface area (Å²) in [5, 5.41) is 18.5. The minimum atomic E-state index is -1.20. The number of carbonyl (C=O) groups is 1. The van der Waals surface area contributed by atoms with Gasteiger partial charge in [-0.3, -0.25) is 0 Å². The van der Waals surface area contributed by atoms with Crippen LogP contribution in [-0.2, 0) is 0 Å². The van der Waals surface area contributed by atoms with Gasteiger partial charge < -0.3 is 19.7 Å². The molecule has 0 aliphatic rings. The molecule has 0 heterocycles. The maximum absolute atomic E-state index is 10.8. The summed E-state index contributed by atoms with van der Waals surface area (Å²) in [5.74, 6) is -1.56. The van der Waals surface area contributed by atoms with Crippen LogP contribution in [0.25, 0.3) is 0 Å². The van der Waals surface area contributed by atoms with E-state index in [2.05, 4.69) is 0 Å². The fourth-order valence-corrected chi connectivity index (χ4v) is 1.83. The lowest BCUT2D eigenvalue weighted by Crippen LogP contribution is -2.35. The van der Waals surface area contributed by atoms with Crippen molar-refractivity contribution in [1.29, 1.82) is 0 Å². The molecule has 2 aromatic carbocycles. The number of ether oxygens (including phenoxy) is 2. The number of rotatable bonds is 5. The van der Waals surface area contributed by atoms with E-state index in [1.54, 1.807) is 26.0 Å². The molecule has 2 aromatic rings. The lowest BCUT2D eigenvalue weighted by molar-refractivity contribution is -0.0810. The molecule has 21 heavy (non-hydrogen) atoms. The molecule has 0 aliphatic heterocycles. The smallest absolute Gasteiger partial charge is 0.339 e. The summed E-state index contributed by atoms with van der Waals surface area (Å²) in [6.07, 6.45) is 0. The molecule has 5 heteroatoms. The van der Waals surface area contributed by atoms with E-state index in [0.29, 0.717) is 11.5 Å². The zero-order valence-electron chi connectivity index (χ0n) is 11.7. The van der Waals surface area contributed by atoms with Crippen molar-refractivity contribution in [3.8, 4) is 17.2 Å². The number of carboxylic acid groups (broad SMARTS) is 1. The van der Waals surface area contributed by atoms with E-state index < -0.39 is 11.8 Å². The van der Waals surface area contributed by atoms with Gasteiger partial charge in [-0.1, -0.05) is 18.2 Å². The van der Waals surface area contributed by atoms with Gasteiger partial charge in [-0.2, -0.15) is 0 Å². The van der Waals surface area contributed by atoms with Gasteiger partial charge >= 0.3 is 5.97 Å². The van der Waals surface area contributed by atoms with E-state index in [0.717, 1.165) is 0 Å². The van der Waals surface area contributed by atoms with Crippen molar-refractivity contribution in [2.75, 3.05) is 0 Å². The fourth-order valence-electron chi connectivity index (χ4n) is 1.83. The average Bonchev–Trinajstić information content (AvgIpc) is 2.38. The van der Waals surface area contributed by atoms with Crippen LogP contribution in [0, 0.1) is 0 Å². The number of hydrogen-bond donors (Lipinski definition) is 2. The van der Waals surface area contributed by atoms with E-state index in [1.165, 1.54) is 18.2 Å². The Hall–Kier alpha value is -2.69. The van der Waals surface area contributed by atoms with Crippen LogP contribution in [0.4, 0.5) is 0 Å². The molecule has 0 aromatic heterocycles. The molecule has 0 amide bonds. The molecule has 0 spiro atoms. The zero-order chi connectivity index (χ0) is 15.5. The summed E-state index contributed by atoms with van der Waals surface area (Å²) >= 11 is 0. The number of carboxylic acids is 1. The highest BCUT2D eigenvalue weighted by Gasteiger charge is 2.22. The first-order valence-corrected chi connectivity index (χ1v) is 6.37. The summed E-state index contributed by atoms with van der Waals surface area (Å²) in [4.78, 5) is 10.8. The topological polar surface area (TPSA) is 76.0 Å². The van der Waals surface area contributed by atoms with Gasteiger partial charge in [0.2, 0.25) is 5.79 Å². The van der Waals surface area contributed by atoms with Gasteiger partial charge in [0.1, 0.15) is 22.8 Å². The zero-order valence-corrected chi connectivity index (χ0v) is 11.7. The van der Waals surface area contributed by atoms with Crippen molar-refractivity contribution >= 4 is 5.97 Å². The Morgan fingerprint density at radius 2 is 1.62 bits per heavy atom. The predicted molar refractivity (Wildman–Crippen MR) is 76.8 cm³/mol. The Kier molecular flexibility index (Phi) is 4.03. The van der Waals surface area contributed by atoms with Crippen LogP contribution in [0.3, 0.4) is 0 Å². The molecule has 0 aliphatic carbocycles. The maximum atomic E-state index is 10.8. The molecule has 110 valence electrons. The fraction of sp³-hybridized carbons (Fsp3) is 0.188. The molecular formula is C16H16O5. The minimum absolute atomic E-state index is 0.177. The first-order chi connectivity index (χ1) is 9.87. The van der Waals surface area contributed by atoms with Crippen LogP contribution in [-0.4, -0.2) is 22.0 Å². The second kappa shape index (κ2) is 5.75. The monoisotopic (exact) mass is 288 g/mol. The highest BCUT2D eigenvalue weighted by molar-refractivity contribution is 5.90. The van der Waals surface area contributed by atoms with Crippen molar-refractivity contribution in [3.63, 3.8) is 0 Å². The SMILES string of the molecule is CC(C)(Oc1ccccc1)Oc1ccc(C(=O)O)c(O)c1. The minimum Gasteiger partial charge on any atom is -0.507 e. The van der Waals surface area contributed by atoms with Crippen LogP contribution >= 0.6 is 0 Å². The molecule has 0 fully saturated rings. The Bertz CT molecular complexity index is 634. The van der Waals surface area contributed by atoms with Gasteiger partial charge in [-0.25, -0.2) is 4.79 Å². The third-order valence-corrected chi connectivity index (χ3v) is 2.67. The number of hydrogen-bond acceptors (Lipinski definition) is 4. The Balaban J connectivity index is 2.13. The summed E-state index contributed by atoms with van der Waals surface area (Å²) in [6.45, 7) is 3.45. The van der Waals surface area contributed by atoms with Crippen molar-refractivity contribution in [3.05, 3.63) is 54.1 Å². The van der Waals surface area contributed by atoms with E-state index >= 15 is 0 Å². The summed E-state index contributed by atoms with van der Waals surface area (Å²) in [7, 11) is 0. The second-order valence-electron chi connectivity index (χ2n) is 4.90. The van der Waals surface area contributed by atoms with E-state index in [1.807, 2.05) is 18.2 Å². The molecule has 0 saturated heterocycles. The number of phenols is 1. The number of para-hydroxylation sites is 1. The molecule has 0 unspecified atom stereocenters. The van der Waals surface area contributed by atoms with Gasteiger partial charge in [-0.05, 0) is 24.3 Å². The molecule has 0 saturated carbocycles. The van der Waals surface area contributed by atoms with Crippen molar-refractivity contribution in [2.45, 2.75) is 19.6 Å². The molecule has 2 N–H and O–H groups in total. The van der Waals surface area contributed by atoms with Gasteiger partial charge in [0, 0.05) is 19.9 Å². The Morgan fingerprint density at radius 3 is 2.19 bits per heavy atom. The molecular weight excluding hydrogens is 272 g/mol. The van der Waals surface area contributed by atoms with Gasteiger partial charge in [0.05, 0.1) is 0 Å². The van der Waals surface area contributed by atoms with Gasteiger partial charge in [0.15, 0.2) is 0 Å². The van der Waals surface area contributed by atoms with Crippen molar-refractivity contribution < 1.29 is 24.5 Å². The van der Waals surface area contributed by atoms with Crippen LogP contribution < -0.4 is 9.47 Å². The largest absolute Gasteiger partial charge is 0.507 e. The van der Waals surface area contributed by atoms with Crippen LogP contribution in [0.5, 0.6) is 17.2 Å². The van der Waals surface area contributed by atoms with Crippen LogP contribution in [0.15, 0.2) is 48.5 Å². The van der Waals surface area contributed by atoms with Crippen molar-refractivity contribution in [1.82, 2.24) is 0 Å². The summed E-state index contributed by atoms with van der Waals surface area (Å²) in [5.41, 5.74) is -0.177. The van der Waals surface area contributed by atoms with E-state index in [-0.39, 0.29) is 11.3 Å². The third kappa shape index (κ3) is 3.89. The number of aromatic hydroxyl groups is 1. The molecule has 5 nitrogen and oxygen atoms in total. The van der Waals surface area contributed by atoms with Crippen molar-refractivity contribution in [2.24, 2.45) is 0 Å². The average molecular weight is 288 g/mol. The Labute approximate surface area is 122 Å². The lowest BCUT2D eigenvalue weighted by Gasteiger charge is -2.27. The highest BCUT2D eigenvalue weighted by atomic mass is 16.7. The van der Waals surface area contributed by atoms with Crippen LogP contribution in [0.2, 0.25) is 0 Å². The number of aromatic carboxylic acids is 1. The third-order valence-electron chi connectivity index (χ3n) is 2.67. The second-order valence-corrected chi connectivity index (χ2v) is 4.90. The summed E-state index contributed by atoms with van der Waals surface area (Å²) in [6, 6.07) is 13.2. The Morgan fingerprint density at radius 1 is 1.00 bits per heavy atom. The predicted octanol–water partition coefficient (Wildman–Crippen LogP) is 3.28. The van der Waals surface area contributed by atoms with E-state index in [9.17, 15) is 9.90 Å². The lowest BCUT2D eigenvalue weighted by atomic mass is 10.2. The normalized spacial score (nSPS) is 11.0. The first kappa shape index (κ1) is 14.7. The van der Waals surface area contributed by atoms with Gasteiger partial charge in [-0.15, -0.1) is 0 Å². The van der Waals surface area contributed by atoms with Crippen LogP contribution in [0.1, 0.15) is 24.2 Å². The maximum Gasteiger partial charge on any atom is 0.339 e.